The summed E-state index contributed by atoms with van der Waals surface area (Å²) < 4.78 is 55.6. The van der Waals surface area contributed by atoms with E-state index in [9.17, 15) is 16.8 Å². The van der Waals surface area contributed by atoms with E-state index in [1.165, 1.54) is 24.3 Å². The van der Waals surface area contributed by atoms with Crippen LogP contribution in [0.5, 0.6) is 0 Å². The second-order valence-corrected chi connectivity index (χ2v) is 10.3. The first-order valence-electron chi connectivity index (χ1n) is 9.15. The second-order valence-electron chi connectivity index (χ2n) is 6.89. The van der Waals surface area contributed by atoms with Gasteiger partial charge < -0.3 is 0 Å². The molecule has 3 aromatic carbocycles. The molecule has 29 heavy (non-hydrogen) atoms. The molecule has 8 heteroatoms. The minimum Gasteiger partial charge on any atom is -0.280 e. The van der Waals surface area contributed by atoms with E-state index >= 15 is 0 Å². The first kappa shape index (κ1) is 19.6. The summed E-state index contributed by atoms with van der Waals surface area (Å²) in [7, 11) is -7.44. The molecule has 1 saturated carbocycles. The summed E-state index contributed by atoms with van der Waals surface area (Å²) in [5, 5.41) is 0. The summed E-state index contributed by atoms with van der Waals surface area (Å²) in [6.07, 6.45) is 1.69. The van der Waals surface area contributed by atoms with Crippen LogP contribution < -0.4 is 9.44 Å². The largest absolute Gasteiger partial charge is 0.280 e. The van der Waals surface area contributed by atoms with Crippen LogP contribution >= 0.6 is 0 Å². The minimum atomic E-state index is -3.86. The van der Waals surface area contributed by atoms with Gasteiger partial charge in [0.1, 0.15) is 0 Å². The maximum atomic E-state index is 13.0. The molecule has 0 aromatic heterocycles. The molecule has 0 atom stereocenters. The highest BCUT2D eigenvalue weighted by Crippen LogP contribution is 2.29. The molecular formula is C21H20N2O4S2. The number of sulfonamides is 2. The topological polar surface area (TPSA) is 92.3 Å². The van der Waals surface area contributed by atoms with Crippen molar-refractivity contribution >= 4 is 25.7 Å². The Balaban J connectivity index is 1.60. The maximum absolute atomic E-state index is 13.0. The van der Waals surface area contributed by atoms with Gasteiger partial charge in [0.25, 0.3) is 10.0 Å². The molecule has 0 heterocycles. The summed E-state index contributed by atoms with van der Waals surface area (Å²) in [5.74, 6) is 0. The van der Waals surface area contributed by atoms with Crippen LogP contribution in [0.25, 0.3) is 11.1 Å². The molecule has 1 fully saturated rings. The Morgan fingerprint density at radius 3 is 1.97 bits per heavy atom. The third-order valence-corrected chi connectivity index (χ3v) is 7.55. The number of nitrogens with one attached hydrogen (secondary N) is 2. The van der Waals surface area contributed by atoms with Gasteiger partial charge in [0.05, 0.1) is 9.79 Å². The van der Waals surface area contributed by atoms with Crippen LogP contribution in [0.2, 0.25) is 0 Å². The van der Waals surface area contributed by atoms with E-state index in [-0.39, 0.29) is 15.8 Å². The van der Waals surface area contributed by atoms with Crippen molar-refractivity contribution in [3.63, 3.8) is 0 Å². The summed E-state index contributed by atoms with van der Waals surface area (Å²) in [5.41, 5.74) is 1.67. The first-order chi connectivity index (χ1) is 13.9. The van der Waals surface area contributed by atoms with Gasteiger partial charge in [-0.15, -0.1) is 0 Å². The molecule has 0 aliphatic heterocycles. The number of rotatable bonds is 7. The second kappa shape index (κ2) is 7.62. The van der Waals surface area contributed by atoms with Crippen LogP contribution in [-0.2, 0) is 20.0 Å². The molecular weight excluding hydrogens is 408 g/mol. The molecule has 150 valence electrons. The van der Waals surface area contributed by atoms with Gasteiger partial charge >= 0.3 is 0 Å². The maximum Gasteiger partial charge on any atom is 0.262 e. The SMILES string of the molecule is O=S(=O)(NC1CC1)c1ccc(NS(=O)(=O)c2ccccc2-c2ccccc2)cc1. The summed E-state index contributed by atoms with van der Waals surface area (Å²) in [4.78, 5) is 0.260. The van der Waals surface area contributed by atoms with Crippen LogP contribution in [0, 0.1) is 0 Å². The average Bonchev–Trinajstić information content (AvgIpc) is 3.52. The zero-order valence-electron chi connectivity index (χ0n) is 15.4. The van der Waals surface area contributed by atoms with Crippen molar-refractivity contribution in [1.82, 2.24) is 4.72 Å². The Bertz CT molecular complexity index is 1220. The predicted octanol–water partition coefficient (Wildman–Crippen LogP) is 3.60. The number of hydrogen-bond donors (Lipinski definition) is 2. The van der Waals surface area contributed by atoms with E-state index in [1.54, 1.807) is 24.3 Å². The zero-order valence-corrected chi connectivity index (χ0v) is 17.1. The van der Waals surface area contributed by atoms with Crippen molar-refractivity contribution in [2.75, 3.05) is 4.72 Å². The quantitative estimate of drug-likeness (QED) is 0.601. The number of benzene rings is 3. The van der Waals surface area contributed by atoms with Gasteiger partial charge in [0.15, 0.2) is 0 Å². The fourth-order valence-electron chi connectivity index (χ4n) is 2.96. The highest BCUT2D eigenvalue weighted by molar-refractivity contribution is 7.93. The first-order valence-corrected chi connectivity index (χ1v) is 12.1. The third kappa shape index (κ3) is 4.50. The molecule has 1 aliphatic rings. The number of hydrogen-bond acceptors (Lipinski definition) is 4. The van der Waals surface area contributed by atoms with Gasteiger partial charge in [-0.2, -0.15) is 0 Å². The molecule has 4 rings (SSSR count). The Morgan fingerprint density at radius 1 is 0.690 bits per heavy atom. The molecule has 0 amide bonds. The van der Waals surface area contributed by atoms with Crippen LogP contribution in [-0.4, -0.2) is 22.9 Å². The Hall–Kier alpha value is -2.68. The molecule has 0 spiro atoms. The van der Waals surface area contributed by atoms with Gasteiger partial charge in [0, 0.05) is 17.3 Å². The van der Waals surface area contributed by atoms with E-state index in [4.69, 9.17) is 0 Å². The van der Waals surface area contributed by atoms with Crippen molar-refractivity contribution in [2.45, 2.75) is 28.7 Å². The summed E-state index contributed by atoms with van der Waals surface area (Å²) >= 11 is 0. The predicted molar refractivity (Wildman–Crippen MR) is 112 cm³/mol. The van der Waals surface area contributed by atoms with Crippen molar-refractivity contribution in [1.29, 1.82) is 0 Å². The lowest BCUT2D eigenvalue weighted by atomic mass is 10.1. The molecule has 2 N–H and O–H groups in total. The lowest BCUT2D eigenvalue weighted by Gasteiger charge is -2.13. The smallest absolute Gasteiger partial charge is 0.262 e. The lowest BCUT2D eigenvalue weighted by Crippen LogP contribution is -2.25. The van der Waals surface area contributed by atoms with Crippen LogP contribution in [0.1, 0.15) is 12.8 Å². The molecule has 6 nitrogen and oxygen atoms in total. The standard InChI is InChI=1S/C21H20N2O4S2/c24-28(25,22-17-10-11-17)19-14-12-18(13-15-19)23-29(26,27)21-9-5-4-8-20(21)16-6-2-1-3-7-16/h1-9,12-15,17,22-23H,10-11H2. The zero-order chi connectivity index (χ0) is 20.5. The highest BCUT2D eigenvalue weighted by atomic mass is 32.2. The van der Waals surface area contributed by atoms with Crippen molar-refractivity contribution in [3.8, 4) is 11.1 Å². The Labute approximate surface area is 170 Å². The monoisotopic (exact) mass is 428 g/mol. The molecule has 0 bridgehead atoms. The average molecular weight is 429 g/mol. The van der Waals surface area contributed by atoms with Crippen LogP contribution in [0.15, 0.2) is 88.7 Å². The van der Waals surface area contributed by atoms with E-state index in [1.807, 2.05) is 30.3 Å². The fourth-order valence-corrected chi connectivity index (χ4v) is 5.55. The van der Waals surface area contributed by atoms with Gasteiger partial charge in [-0.3, -0.25) is 4.72 Å². The Kier molecular flexibility index (Phi) is 5.16. The van der Waals surface area contributed by atoms with Gasteiger partial charge in [-0.05, 0) is 48.7 Å². The number of anilines is 1. The molecule has 1 aliphatic carbocycles. The molecule has 0 radical (unpaired) electrons. The molecule has 3 aromatic rings. The van der Waals surface area contributed by atoms with E-state index in [0.717, 1.165) is 18.4 Å². The highest BCUT2D eigenvalue weighted by Gasteiger charge is 2.28. The van der Waals surface area contributed by atoms with Gasteiger partial charge in [0.2, 0.25) is 10.0 Å². The summed E-state index contributed by atoms with van der Waals surface area (Å²) in [6.45, 7) is 0. The summed E-state index contributed by atoms with van der Waals surface area (Å²) in [6, 6.07) is 21.7. The van der Waals surface area contributed by atoms with Crippen LogP contribution in [0.4, 0.5) is 5.69 Å². The molecule has 0 unspecified atom stereocenters. The van der Waals surface area contributed by atoms with Crippen molar-refractivity contribution in [3.05, 3.63) is 78.9 Å². The molecule has 0 saturated heterocycles. The van der Waals surface area contributed by atoms with Gasteiger partial charge in [-0.25, -0.2) is 21.6 Å². The van der Waals surface area contributed by atoms with Crippen LogP contribution in [0.3, 0.4) is 0 Å². The minimum absolute atomic E-state index is 0.00710. The van der Waals surface area contributed by atoms with E-state index in [2.05, 4.69) is 9.44 Å². The Morgan fingerprint density at radius 2 is 1.31 bits per heavy atom. The third-order valence-electron chi connectivity index (χ3n) is 4.58. The fraction of sp³-hybridized carbons (Fsp3) is 0.143. The van der Waals surface area contributed by atoms with E-state index in [0.29, 0.717) is 11.3 Å². The van der Waals surface area contributed by atoms with Crippen molar-refractivity contribution in [2.24, 2.45) is 0 Å². The van der Waals surface area contributed by atoms with Crippen molar-refractivity contribution < 1.29 is 16.8 Å². The lowest BCUT2D eigenvalue weighted by molar-refractivity contribution is 0.581. The van der Waals surface area contributed by atoms with Gasteiger partial charge in [-0.1, -0.05) is 48.5 Å². The normalized spacial score (nSPS) is 14.5. The van der Waals surface area contributed by atoms with E-state index < -0.39 is 20.0 Å².